The average Bonchev–Trinajstić information content (AvgIpc) is 3.02. The van der Waals surface area contributed by atoms with E-state index in [0.29, 0.717) is 17.5 Å². The number of hydrazone groups is 1. The van der Waals surface area contributed by atoms with E-state index in [2.05, 4.69) is 21.2 Å². The van der Waals surface area contributed by atoms with Crippen molar-refractivity contribution >= 4 is 40.1 Å². The lowest BCUT2D eigenvalue weighted by atomic mass is 10.2. The van der Waals surface area contributed by atoms with E-state index >= 15 is 0 Å². The standard InChI is InChI=1S/C19H20N4O3S/c1-2-26-15-10-8-13(9-11-15)20-17(24)12-16-18(25)21-19(27-16)23-22-14-6-4-3-5-7-14/h3-11,16,22H,2,12H2,1H3,(H,20,24)(H,21,23,25)/t16-/m1/s1. The van der Waals surface area contributed by atoms with Crippen LogP contribution in [0.25, 0.3) is 0 Å². The summed E-state index contributed by atoms with van der Waals surface area (Å²) in [6.45, 7) is 2.50. The van der Waals surface area contributed by atoms with E-state index in [4.69, 9.17) is 4.74 Å². The van der Waals surface area contributed by atoms with Crippen LogP contribution in [0.15, 0.2) is 59.7 Å². The van der Waals surface area contributed by atoms with Crippen LogP contribution in [0.4, 0.5) is 11.4 Å². The lowest BCUT2D eigenvalue weighted by molar-refractivity contribution is -0.122. The number of para-hydroxylation sites is 1. The van der Waals surface area contributed by atoms with E-state index in [0.717, 1.165) is 11.4 Å². The number of carbonyl (C=O) groups excluding carboxylic acids is 2. The largest absolute Gasteiger partial charge is 0.494 e. The normalized spacial score (nSPS) is 17.4. The number of hydrogen-bond donors (Lipinski definition) is 3. The average molecular weight is 384 g/mol. The third-order valence-electron chi connectivity index (χ3n) is 3.66. The van der Waals surface area contributed by atoms with Crippen molar-refractivity contribution in [2.75, 3.05) is 17.3 Å². The zero-order chi connectivity index (χ0) is 19.1. The molecule has 140 valence electrons. The fourth-order valence-corrected chi connectivity index (χ4v) is 3.33. The highest BCUT2D eigenvalue weighted by atomic mass is 32.2. The molecule has 27 heavy (non-hydrogen) atoms. The molecular weight excluding hydrogens is 364 g/mol. The molecule has 1 heterocycles. The van der Waals surface area contributed by atoms with Crippen molar-refractivity contribution in [1.29, 1.82) is 0 Å². The molecular formula is C19H20N4O3S. The summed E-state index contributed by atoms with van der Waals surface area (Å²) in [5.74, 6) is 0.285. The van der Waals surface area contributed by atoms with Crippen LogP contribution in [0.2, 0.25) is 0 Å². The second kappa shape index (κ2) is 9.09. The van der Waals surface area contributed by atoms with Crippen LogP contribution in [0.1, 0.15) is 13.3 Å². The van der Waals surface area contributed by atoms with Gasteiger partial charge in [-0.2, -0.15) is 0 Å². The van der Waals surface area contributed by atoms with Crippen molar-refractivity contribution in [3.8, 4) is 5.75 Å². The molecule has 0 aliphatic carbocycles. The van der Waals surface area contributed by atoms with Crippen LogP contribution >= 0.6 is 11.8 Å². The molecule has 2 aromatic rings. The molecule has 0 unspecified atom stereocenters. The molecule has 3 rings (SSSR count). The smallest absolute Gasteiger partial charge is 0.240 e. The number of thioether (sulfide) groups is 1. The van der Waals surface area contributed by atoms with Gasteiger partial charge in [0, 0.05) is 12.1 Å². The van der Waals surface area contributed by atoms with Gasteiger partial charge in [-0.25, -0.2) is 0 Å². The predicted octanol–water partition coefficient (Wildman–Crippen LogP) is 3.03. The fourth-order valence-electron chi connectivity index (χ4n) is 2.40. The maximum Gasteiger partial charge on any atom is 0.240 e. The molecule has 0 bridgehead atoms. The number of amidine groups is 1. The Bertz CT molecular complexity index is 825. The highest BCUT2D eigenvalue weighted by Crippen LogP contribution is 2.23. The lowest BCUT2D eigenvalue weighted by Gasteiger charge is -2.08. The molecule has 2 amide bonds. The molecule has 2 aromatic carbocycles. The van der Waals surface area contributed by atoms with Gasteiger partial charge in [0.05, 0.1) is 12.3 Å². The Labute approximate surface area is 161 Å². The lowest BCUT2D eigenvalue weighted by Crippen LogP contribution is -2.28. The number of nitrogens with one attached hydrogen (secondary N) is 3. The Morgan fingerprint density at radius 3 is 2.59 bits per heavy atom. The van der Waals surface area contributed by atoms with Gasteiger partial charge in [-0.15, -0.1) is 5.10 Å². The topological polar surface area (TPSA) is 91.8 Å². The van der Waals surface area contributed by atoms with Crippen molar-refractivity contribution in [3.63, 3.8) is 0 Å². The summed E-state index contributed by atoms with van der Waals surface area (Å²) in [7, 11) is 0. The summed E-state index contributed by atoms with van der Waals surface area (Å²) in [6, 6.07) is 16.5. The first-order valence-electron chi connectivity index (χ1n) is 8.53. The van der Waals surface area contributed by atoms with Gasteiger partial charge in [0.25, 0.3) is 0 Å². The predicted molar refractivity (Wildman–Crippen MR) is 108 cm³/mol. The van der Waals surface area contributed by atoms with E-state index in [1.807, 2.05) is 37.3 Å². The molecule has 0 spiro atoms. The number of rotatable bonds is 7. The van der Waals surface area contributed by atoms with E-state index < -0.39 is 5.25 Å². The molecule has 1 atom stereocenters. The maximum absolute atomic E-state index is 12.2. The van der Waals surface area contributed by atoms with Crippen LogP contribution < -0.4 is 20.8 Å². The monoisotopic (exact) mass is 384 g/mol. The molecule has 1 fully saturated rings. The van der Waals surface area contributed by atoms with Crippen LogP contribution in [0, 0.1) is 0 Å². The minimum absolute atomic E-state index is 0.0636. The van der Waals surface area contributed by atoms with Crippen molar-refractivity contribution in [2.45, 2.75) is 18.6 Å². The van der Waals surface area contributed by atoms with Crippen molar-refractivity contribution < 1.29 is 14.3 Å². The second-order valence-corrected chi connectivity index (χ2v) is 6.89. The fraction of sp³-hybridized carbons (Fsp3) is 0.211. The molecule has 1 saturated heterocycles. The molecule has 1 aliphatic rings. The third kappa shape index (κ3) is 5.49. The molecule has 3 N–H and O–H groups in total. The van der Waals surface area contributed by atoms with E-state index in [1.165, 1.54) is 11.8 Å². The first kappa shape index (κ1) is 18.8. The van der Waals surface area contributed by atoms with Gasteiger partial charge in [-0.3, -0.25) is 15.0 Å². The van der Waals surface area contributed by atoms with E-state index in [-0.39, 0.29) is 18.2 Å². The molecule has 1 aliphatic heterocycles. The van der Waals surface area contributed by atoms with Crippen LogP contribution in [-0.4, -0.2) is 28.8 Å². The zero-order valence-corrected chi connectivity index (χ0v) is 15.6. The second-order valence-electron chi connectivity index (χ2n) is 5.70. The molecule has 0 radical (unpaired) electrons. The molecule has 0 aromatic heterocycles. The van der Waals surface area contributed by atoms with Gasteiger partial charge in [0.15, 0.2) is 5.17 Å². The van der Waals surface area contributed by atoms with Crippen molar-refractivity contribution in [1.82, 2.24) is 5.32 Å². The van der Waals surface area contributed by atoms with Crippen molar-refractivity contribution in [3.05, 3.63) is 54.6 Å². The molecule has 8 heteroatoms. The Balaban J connectivity index is 1.51. The summed E-state index contributed by atoms with van der Waals surface area (Å²) >= 11 is 1.23. The van der Waals surface area contributed by atoms with E-state index in [9.17, 15) is 9.59 Å². The Hall–Kier alpha value is -3.00. The highest BCUT2D eigenvalue weighted by Gasteiger charge is 2.32. The summed E-state index contributed by atoms with van der Waals surface area (Å²) in [4.78, 5) is 24.3. The summed E-state index contributed by atoms with van der Waals surface area (Å²) in [5, 5.41) is 9.57. The number of benzene rings is 2. The van der Waals surface area contributed by atoms with Gasteiger partial charge in [0.1, 0.15) is 11.0 Å². The third-order valence-corrected chi connectivity index (χ3v) is 4.74. The number of anilines is 2. The zero-order valence-electron chi connectivity index (χ0n) is 14.8. The van der Waals surface area contributed by atoms with Gasteiger partial charge in [-0.05, 0) is 43.3 Å². The summed E-state index contributed by atoms with van der Waals surface area (Å²) in [6.07, 6.45) is 0.0636. The van der Waals surface area contributed by atoms with Gasteiger partial charge < -0.3 is 15.4 Å². The summed E-state index contributed by atoms with van der Waals surface area (Å²) in [5.41, 5.74) is 4.35. The van der Waals surface area contributed by atoms with E-state index in [1.54, 1.807) is 24.3 Å². The first-order chi connectivity index (χ1) is 13.1. The molecule has 0 saturated carbocycles. The van der Waals surface area contributed by atoms with Gasteiger partial charge in [0.2, 0.25) is 11.8 Å². The maximum atomic E-state index is 12.2. The number of ether oxygens (including phenoxy) is 1. The minimum atomic E-state index is -0.510. The van der Waals surface area contributed by atoms with Crippen LogP contribution in [-0.2, 0) is 9.59 Å². The molecule has 7 nitrogen and oxygen atoms in total. The highest BCUT2D eigenvalue weighted by molar-refractivity contribution is 8.15. The van der Waals surface area contributed by atoms with Crippen LogP contribution in [0.3, 0.4) is 0 Å². The minimum Gasteiger partial charge on any atom is -0.494 e. The number of carbonyl (C=O) groups is 2. The Morgan fingerprint density at radius 1 is 1.15 bits per heavy atom. The van der Waals surface area contributed by atoms with Crippen molar-refractivity contribution in [2.24, 2.45) is 5.10 Å². The van der Waals surface area contributed by atoms with Gasteiger partial charge in [-0.1, -0.05) is 30.0 Å². The first-order valence-corrected chi connectivity index (χ1v) is 9.41. The Morgan fingerprint density at radius 2 is 1.89 bits per heavy atom. The van der Waals surface area contributed by atoms with Gasteiger partial charge >= 0.3 is 0 Å². The summed E-state index contributed by atoms with van der Waals surface area (Å²) < 4.78 is 5.37. The number of amides is 2. The number of nitrogens with zero attached hydrogens (tertiary/aromatic N) is 1. The number of hydrogen-bond acceptors (Lipinski definition) is 6. The van der Waals surface area contributed by atoms with Crippen LogP contribution in [0.5, 0.6) is 5.75 Å². The quantitative estimate of drug-likeness (QED) is 0.638. The Kier molecular flexibility index (Phi) is 6.32. The SMILES string of the molecule is CCOc1ccc(NC(=O)C[C@H]2S/C(=N/Nc3ccccc3)NC2=O)cc1.